The Hall–Kier alpha value is -0.580. The van der Waals surface area contributed by atoms with Gasteiger partial charge < -0.3 is 5.32 Å². The summed E-state index contributed by atoms with van der Waals surface area (Å²) in [6.45, 7) is 7.72. The predicted molar refractivity (Wildman–Crippen MR) is 77.3 cm³/mol. The number of piperidine rings is 1. The lowest BCUT2D eigenvalue weighted by atomic mass is 10.0. The molecular weight excluding hydrogens is 248 g/mol. The lowest BCUT2D eigenvalue weighted by molar-refractivity contribution is 0.194. The van der Waals surface area contributed by atoms with Crippen LogP contribution in [0.1, 0.15) is 29.8 Å². The highest BCUT2D eigenvalue weighted by Crippen LogP contribution is 2.18. The van der Waals surface area contributed by atoms with E-state index in [1.54, 1.807) is 0 Å². The first-order valence-electron chi connectivity index (χ1n) is 6.50. The van der Waals surface area contributed by atoms with Crippen LogP contribution in [0.4, 0.5) is 0 Å². The lowest BCUT2D eigenvalue weighted by Gasteiger charge is -2.31. The summed E-state index contributed by atoms with van der Waals surface area (Å²) in [5, 5.41) is 7.86. The number of nitrogens with one attached hydrogen (secondary N) is 1. The van der Waals surface area contributed by atoms with Crippen LogP contribution in [-0.2, 0) is 13.6 Å². The fourth-order valence-corrected chi connectivity index (χ4v) is 2.65. The maximum Gasteiger partial charge on any atom is 0.0641 e. The molecule has 0 spiro atoms. The molecule has 0 atom stereocenters. The van der Waals surface area contributed by atoms with E-state index in [2.05, 4.69) is 36.2 Å². The fraction of sp³-hybridized carbons (Fsp3) is 0.769. The Bertz CT molecular complexity index is 381. The van der Waals surface area contributed by atoms with Gasteiger partial charge in [-0.15, -0.1) is 12.4 Å². The van der Waals surface area contributed by atoms with E-state index in [-0.39, 0.29) is 12.4 Å². The number of hydrogen-bond donors (Lipinski definition) is 1. The summed E-state index contributed by atoms with van der Waals surface area (Å²) in [6.07, 6.45) is 2.52. The van der Waals surface area contributed by atoms with E-state index in [0.717, 1.165) is 6.54 Å². The number of nitrogens with zero attached hydrogens (tertiary/aromatic N) is 3. The maximum absolute atomic E-state index is 4.48. The third kappa shape index (κ3) is 3.25. The van der Waals surface area contributed by atoms with Crippen molar-refractivity contribution in [3.63, 3.8) is 0 Å². The zero-order valence-corrected chi connectivity index (χ0v) is 12.7. The van der Waals surface area contributed by atoms with Gasteiger partial charge in [0.1, 0.15) is 0 Å². The Morgan fingerprint density at radius 3 is 2.33 bits per heavy atom. The van der Waals surface area contributed by atoms with Gasteiger partial charge in [-0.05, 0) is 46.8 Å². The first-order valence-corrected chi connectivity index (χ1v) is 6.50. The lowest BCUT2D eigenvalue weighted by Crippen LogP contribution is -2.40. The summed E-state index contributed by atoms with van der Waals surface area (Å²) in [6, 6.07) is 0.711. The van der Waals surface area contributed by atoms with Crippen molar-refractivity contribution in [3.05, 3.63) is 17.0 Å². The van der Waals surface area contributed by atoms with Gasteiger partial charge >= 0.3 is 0 Å². The Morgan fingerprint density at radius 2 is 1.89 bits per heavy atom. The van der Waals surface area contributed by atoms with Gasteiger partial charge in [0.15, 0.2) is 0 Å². The highest BCUT2D eigenvalue weighted by molar-refractivity contribution is 5.85. The van der Waals surface area contributed by atoms with E-state index in [4.69, 9.17) is 0 Å². The molecule has 0 aliphatic carbocycles. The Kier molecular flexibility index (Phi) is 5.63. The van der Waals surface area contributed by atoms with Crippen molar-refractivity contribution in [2.45, 2.75) is 39.3 Å². The van der Waals surface area contributed by atoms with Crippen molar-refractivity contribution < 1.29 is 0 Å². The minimum absolute atomic E-state index is 0. The number of aryl methyl sites for hydroxylation is 2. The first kappa shape index (κ1) is 15.5. The van der Waals surface area contributed by atoms with Gasteiger partial charge in [0.2, 0.25) is 0 Å². The topological polar surface area (TPSA) is 33.1 Å². The molecular formula is C13H25ClN4. The van der Waals surface area contributed by atoms with Crippen molar-refractivity contribution in [1.29, 1.82) is 0 Å². The Balaban J connectivity index is 0.00000162. The number of aromatic nitrogens is 2. The Morgan fingerprint density at radius 1 is 1.28 bits per heavy atom. The molecule has 0 amide bonds. The van der Waals surface area contributed by atoms with Gasteiger partial charge in [0.05, 0.1) is 5.69 Å². The SMILES string of the molecule is CNC1CCN(Cc2c(C)nn(C)c2C)CC1.Cl. The normalized spacial score (nSPS) is 17.8. The van der Waals surface area contributed by atoms with E-state index < -0.39 is 0 Å². The van der Waals surface area contributed by atoms with Gasteiger partial charge in [0.25, 0.3) is 0 Å². The molecule has 104 valence electrons. The van der Waals surface area contributed by atoms with E-state index in [0.29, 0.717) is 6.04 Å². The standard InChI is InChI=1S/C13H24N4.ClH/c1-10-13(11(2)16(4)15-10)9-17-7-5-12(14-3)6-8-17;/h12,14H,5-9H2,1-4H3;1H. The molecule has 18 heavy (non-hydrogen) atoms. The molecule has 1 fully saturated rings. The number of hydrogen-bond acceptors (Lipinski definition) is 3. The van der Waals surface area contributed by atoms with Gasteiger partial charge in [-0.1, -0.05) is 0 Å². The quantitative estimate of drug-likeness (QED) is 0.908. The highest BCUT2D eigenvalue weighted by atomic mass is 35.5. The van der Waals surface area contributed by atoms with Gasteiger partial charge in [-0.2, -0.15) is 5.10 Å². The zero-order valence-electron chi connectivity index (χ0n) is 11.9. The highest BCUT2D eigenvalue weighted by Gasteiger charge is 2.20. The first-order chi connectivity index (χ1) is 8.11. The summed E-state index contributed by atoms with van der Waals surface area (Å²) in [4.78, 5) is 2.55. The summed E-state index contributed by atoms with van der Waals surface area (Å²) in [7, 11) is 4.09. The molecule has 2 heterocycles. The third-order valence-corrected chi connectivity index (χ3v) is 4.04. The van der Waals surface area contributed by atoms with Crippen LogP contribution in [0.3, 0.4) is 0 Å². The molecule has 1 aromatic heterocycles. The molecule has 1 aliphatic rings. The molecule has 0 bridgehead atoms. The minimum atomic E-state index is 0. The molecule has 1 aliphatic heterocycles. The molecule has 2 rings (SSSR count). The summed E-state index contributed by atoms with van der Waals surface area (Å²) in [5.41, 5.74) is 3.90. The third-order valence-electron chi connectivity index (χ3n) is 4.04. The minimum Gasteiger partial charge on any atom is -0.317 e. The number of halogens is 1. The van der Waals surface area contributed by atoms with E-state index in [1.165, 1.54) is 42.9 Å². The van der Waals surface area contributed by atoms with Crippen molar-refractivity contribution >= 4 is 12.4 Å². The molecule has 0 radical (unpaired) electrons. The number of rotatable bonds is 3. The van der Waals surface area contributed by atoms with Crippen LogP contribution in [0.25, 0.3) is 0 Å². The summed E-state index contributed by atoms with van der Waals surface area (Å²) < 4.78 is 1.99. The van der Waals surface area contributed by atoms with Crippen molar-refractivity contribution in [2.75, 3.05) is 20.1 Å². The average molecular weight is 273 g/mol. The second-order valence-electron chi connectivity index (χ2n) is 5.11. The van der Waals surface area contributed by atoms with Crippen LogP contribution < -0.4 is 5.32 Å². The van der Waals surface area contributed by atoms with E-state index >= 15 is 0 Å². The largest absolute Gasteiger partial charge is 0.317 e. The molecule has 1 N–H and O–H groups in total. The van der Waals surface area contributed by atoms with Gasteiger partial charge in [-0.25, -0.2) is 0 Å². The average Bonchev–Trinajstić information content (AvgIpc) is 2.57. The van der Waals surface area contributed by atoms with Crippen LogP contribution in [-0.4, -0.2) is 40.9 Å². The molecule has 0 saturated carbocycles. The van der Waals surface area contributed by atoms with Gasteiger partial charge in [-0.3, -0.25) is 9.58 Å². The van der Waals surface area contributed by atoms with Crippen LogP contribution >= 0.6 is 12.4 Å². The Labute approximate surface area is 116 Å². The number of likely N-dealkylation sites (tertiary alicyclic amines) is 1. The summed E-state index contributed by atoms with van der Waals surface area (Å²) >= 11 is 0. The second kappa shape index (κ2) is 6.55. The molecule has 0 aromatic carbocycles. The molecule has 0 unspecified atom stereocenters. The second-order valence-corrected chi connectivity index (χ2v) is 5.11. The van der Waals surface area contributed by atoms with Crippen LogP contribution in [0.15, 0.2) is 0 Å². The van der Waals surface area contributed by atoms with Crippen LogP contribution in [0.5, 0.6) is 0 Å². The van der Waals surface area contributed by atoms with Crippen molar-refractivity contribution in [2.24, 2.45) is 7.05 Å². The fourth-order valence-electron chi connectivity index (χ4n) is 2.65. The van der Waals surface area contributed by atoms with Crippen LogP contribution in [0.2, 0.25) is 0 Å². The summed E-state index contributed by atoms with van der Waals surface area (Å²) in [5.74, 6) is 0. The molecule has 4 nitrogen and oxygen atoms in total. The van der Waals surface area contributed by atoms with E-state index in [1.807, 2.05) is 11.7 Å². The van der Waals surface area contributed by atoms with E-state index in [9.17, 15) is 0 Å². The monoisotopic (exact) mass is 272 g/mol. The van der Waals surface area contributed by atoms with Crippen molar-refractivity contribution in [3.8, 4) is 0 Å². The molecule has 5 heteroatoms. The van der Waals surface area contributed by atoms with Crippen molar-refractivity contribution in [1.82, 2.24) is 20.0 Å². The maximum atomic E-state index is 4.48. The predicted octanol–water partition coefficient (Wildman–Crippen LogP) is 1.64. The van der Waals surface area contributed by atoms with Crippen LogP contribution in [0, 0.1) is 13.8 Å². The smallest absolute Gasteiger partial charge is 0.0641 e. The molecule has 1 aromatic rings. The zero-order chi connectivity index (χ0) is 12.4. The van der Waals surface area contributed by atoms with Gasteiger partial charge in [0, 0.05) is 30.9 Å². The molecule has 1 saturated heterocycles.